The molecule has 2 N–H and O–H groups in total. The summed E-state index contributed by atoms with van der Waals surface area (Å²) in [4.78, 5) is 22.2. The highest BCUT2D eigenvalue weighted by molar-refractivity contribution is 6.01. The van der Waals surface area contributed by atoms with Crippen molar-refractivity contribution < 1.29 is 9.59 Å². The molecule has 12 heavy (non-hydrogen) atoms. The van der Waals surface area contributed by atoms with Gasteiger partial charge in [-0.05, 0) is 13.3 Å². The molecule has 2 aliphatic rings. The van der Waals surface area contributed by atoms with Crippen LogP contribution in [0.2, 0.25) is 0 Å². The SMILES string of the molecule is C=C1C[C@]2(C)NC(=O)NC(=O)[C@H]12. The molecule has 1 saturated carbocycles. The van der Waals surface area contributed by atoms with Gasteiger partial charge < -0.3 is 5.32 Å². The van der Waals surface area contributed by atoms with Gasteiger partial charge in [0.15, 0.2) is 0 Å². The van der Waals surface area contributed by atoms with Crippen LogP contribution in [-0.2, 0) is 4.79 Å². The van der Waals surface area contributed by atoms with E-state index in [0.29, 0.717) is 6.42 Å². The van der Waals surface area contributed by atoms with E-state index in [9.17, 15) is 9.59 Å². The number of hydrogen-bond donors (Lipinski definition) is 2. The van der Waals surface area contributed by atoms with Crippen LogP contribution in [0.3, 0.4) is 0 Å². The van der Waals surface area contributed by atoms with Crippen molar-refractivity contribution in [3.8, 4) is 0 Å². The first-order valence-electron chi connectivity index (χ1n) is 3.83. The van der Waals surface area contributed by atoms with Gasteiger partial charge in [0.05, 0.1) is 11.5 Å². The van der Waals surface area contributed by atoms with Crippen LogP contribution in [-0.4, -0.2) is 17.5 Å². The maximum absolute atomic E-state index is 11.2. The number of urea groups is 1. The Kier molecular flexibility index (Phi) is 1.15. The molecule has 2 fully saturated rings. The van der Waals surface area contributed by atoms with E-state index >= 15 is 0 Å². The molecule has 0 aromatic carbocycles. The number of rotatable bonds is 0. The van der Waals surface area contributed by atoms with Crippen molar-refractivity contribution in [1.82, 2.24) is 10.6 Å². The van der Waals surface area contributed by atoms with Gasteiger partial charge in [0.2, 0.25) is 5.91 Å². The number of carbonyl (C=O) groups excluding carboxylic acids is 2. The molecule has 0 radical (unpaired) electrons. The molecule has 64 valence electrons. The molecule has 0 spiro atoms. The topological polar surface area (TPSA) is 58.2 Å². The predicted molar refractivity (Wildman–Crippen MR) is 42.3 cm³/mol. The van der Waals surface area contributed by atoms with Crippen molar-refractivity contribution in [2.45, 2.75) is 18.9 Å². The summed E-state index contributed by atoms with van der Waals surface area (Å²) in [6.45, 7) is 5.62. The van der Waals surface area contributed by atoms with E-state index in [1.165, 1.54) is 0 Å². The first-order valence-corrected chi connectivity index (χ1v) is 3.83. The summed E-state index contributed by atoms with van der Waals surface area (Å²) >= 11 is 0. The molecular formula is C8H10N2O2. The molecule has 1 saturated heterocycles. The molecule has 2 atom stereocenters. The zero-order valence-corrected chi connectivity index (χ0v) is 6.81. The molecule has 4 nitrogen and oxygen atoms in total. The van der Waals surface area contributed by atoms with Gasteiger partial charge in [0.1, 0.15) is 0 Å². The smallest absolute Gasteiger partial charge is 0.321 e. The lowest BCUT2D eigenvalue weighted by Crippen LogP contribution is -2.70. The van der Waals surface area contributed by atoms with Crippen molar-refractivity contribution in [3.05, 3.63) is 12.2 Å². The monoisotopic (exact) mass is 166 g/mol. The third-order valence-electron chi connectivity index (χ3n) is 2.54. The number of fused-ring (bicyclic) bond motifs is 1. The van der Waals surface area contributed by atoms with Crippen LogP contribution in [0, 0.1) is 5.92 Å². The Morgan fingerprint density at radius 1 is 1.58 bits per heavy atom. The fourth-order valence-corrected chi connectivity index (χ4v) is 2.06. The van der Waals surface area contributed by atoms with E-state index < -0.39 is 6.03 Å². The van der Waals surface area contributed by atoms with Gasteiger partial charge >= 0.3 is 6.03 Å². The largest absolute Gasteiger partial charge is 0.331 e. The Morgan fingerprint density at radius 3 is 2.75 bits per heavy atom. The van der Waals surface area contributed by atoms with Gasteiger partial charge in [0.25, 0.3) is 0 Å². The van der Waals surface area contributed by atoms with Gasteiger partial charge in [0, 0.05) is 0 Å². The van der Waals surface area contributed by atoms with E-state index in [1.807, 2.05) is 6.92 Å². The summed E-state index contributed by atoms with van der Waals surface area (Å²) in [6.07, 6.45) is 0.705. The molecule has 0 unspecified atom stereocenters. The lowest BCUT2D eigenvalue weighted by molar-refractivity contribution is -0.128. The highest BCUT2D eigenvalue weighted by Gasteiger charge is 2.54. The fraction of sp³-hybridized carbons (Fsp3) is 0.500. The summed E-state index contributed by atoms with van der Waals surface area (Å²) < 4.78 is 0. The Balaban J connectivity index is 2.30. The van der Waals surface area contributed by atoms with Crippen LogP contribution in [0.25, 0.3) is 0 Å². The van der Waals surface area contributed by atoms with Crippen molar-refractivity contribution in [2.24, 2.45) is 5.92 Å². The molecule has 1 heterocycles. The van der Waals surface area contributed by atoms with Crippen molar-refractivity contribution >= 4 is 11.9 Å². The molecule has 0 aromatic heterocycles. The first-order chi connectivity index (χ1) is 5.53. The van der Waals surface area contributed by atoms with E-state index in [0.717, 1.165) is 5.57 Å². The lowest BCUT2D eigenvalue weighted by atomic mass is 9.63. The van der Waals surface area contributed by atoms with Gasteiger partial charge in [-0.1, -0.05) is 12.2 Å². The number of amides is 3. The van der Waals surface area contributed by atoms with E-state index in [1.54, 1.807) is 0 Å². The average Bonchev–Trinajstić information content (AvgIpc) is 1.81. The van der Waals surface area contributed by atoms with E-state index in [2.05, 4.69) is 17.2 Å². The summed E-state index contributed by atoms with van der Waals surface area (Å²) in [5.41, 5.74) is 0.520. The quantitative estimate of drug-likeness (QED) is 0.504. The number of nitrogens with one attached hydrogen (secondary N) is 2. The normalized spacial score (nSPS) is 39.4. The van der Waals surface area contributed by atoms with Gasteiger partial charge in [-0.15, -0.1) is 0 Å². The second-order valence-corrected chi connectivity index (χ2v) is 3.63. The summed E-state index contributed by atoms with van der Waals surface area (Å²) in [7, 11) is 0. The van der Waals surface area contributed by atoms with Crippen molar-refractivity contribution in [2.75, 3.05) is 0 Å². The average molecular weight is 166 g/mol. The van der Waals surface area contributed by atoms with E-state index in [4.69, 9.17) is 0 Å². The summed E-state index contributed by atoms with van der Waals surface area (Å²) in [5, 5.41) is 4.94. The van der Waals surface area contributed by atoms with Gasteiger partial charge in [-0.3, -0.25) is 10.1 Å². The van der Waals surface area contributed by atoms with E-state index in [-0.39, 0.29) is 17.4 Å². The van der Waals surface area contributed by atoms with Crippen molar-refractivity contribution in [1.29, 1.82) is 0 Å². The van der Waals surface area contributed by atoms with Crippen LogP contribution in [0.1, 0.15) is 13.3 Å². The van der Waals surface area contributed by atoms with Crippen LogP contribution in [0.4, 0.5) is 4.79 Å². The second-order valence-electron chi connectivity index (χ2n) is 3.63. The molecule has 1 aliphatic carbocycles. The molecular weight excluding hydrogens is 156 g/mol. The third-order valence-corrected chi connectivity index (χ3v) is 2.54. The minimum Gasteiger partial charge on any atom is -0.331 e. The van der Waals surface area contributed by atoms with Crippen LogP contribution in [0.5, 0.6) is 0 Å². The van der Waals surface area contributed by atoms with Crippen LogP contribution in [0.15, 0.2) is 12.2 Å². The Bertz CT molecular complexity index is 295. The summed E-state index contributed by atoms with van der Waals surface area (Å²) in [5.74, 6) is -0.451. The highest BCUT2D eigenvalue weighted by atomic mass is 16.2. The number of carbonyl (C=O) groups is 2. The molecule has 3 amide bonds. The molecule has 1 aliphatic heterocycles. The number of imide groups is 1. The van der Waals surface area contributed by atoms with Crippen LogP contribution < -0.4 is 10.6 Å². The zero-order valence-electron chi connectivity index (χ0n) is 6.81. The van der Waals surface area contributed by atoms with Crippen LogP contribution >= 0.6 is 0 Å². The highest BCUT2D eigenvalue weighted by Crippen LogP contribution is 2.43. The maximum atomic E-state index is 11.2. The van der Waals surface area contributed by atoms with Gasteiger partial charge in [-0.25, -0.2) is 4.79 Å². The molecule has 0 aromatic rings. The summed E-state index contributed by atoms with van der Waals surface area (Å²) in [6, 6.07) is -0.397. The van der Waals surface area contributed by atoms with Crippen molar-refractivity contribution in [3.63, 3.8) is 0 Å². The lowest BCUT2D eigenvalue weighted by Gasteiger charge is -2.50. The Morgan fingerprint density at radius 2 is 2.25 bits per heavy atom. The Labute approximate surface area is 70.0 Å². The predicted octanol–water partition coefficient (Wildman–Crippen LogP) is 0.161. The minimum atomic E-state index is -0.397. The van der Waals surface area contributed by atoms with Gasteiger partial charge in [-0.2, -0.15) is 0 Å². The molecule has 2 rings (SSSR count). The fourth-order valence-electron chi connectivity index (χ4n) is 2.06. The molecule has 4 heteroatoms. The maximum Gasteiger partial charge on any atom is 0.321 e. The minimum absolute atomic E-state index is 0.225. The standard InChI is InChI=1S/C8H10N2O2/c1-4-3-8(2)5(4)6(11)9-7(12)10-8/h5H,1,3H2,2H3,(H2,9,10,11,12)/t5-,8-/m0/s1. The first kappa shape index (κ1) is 7.34. The molecule has 0 bridgehead atoms. The number of hydrogen-bond acceptors (Lipinski definition) is 2. The second kappa shape index (κ2) is 1.88. The zero-order chi connectivity index (χ0) is 8.93. The third kappa shape index (κ3) is 0.719. The Hall–Kier alpha value is -1.32.